The number of hydrogen-bond donors (Lipinski definition) is 1. The van der Waals surface area contributed by atoms with Crippen molar-refractivity contribution in [3.8, 4) is 17.7 Å². The Morgan fingerprint density at radius 3 is 2.79 bits per heavy atom. The van der Waals surface area contributed by atoms with E-state index in [0.29, 0.717) is 16.6 Å². The van der Waals surface area contributed by atoms with Gasteiger partial charge in [0.2, 0.25) is 0 Å². The topological polar surface area (TPSA) is 50.3 Å². The molecule has 5 rings (SSSR count). The molecule has 2 aromatic heterocycles. The molecule has 1 aliphatic heterocycles. The molecule has 8 heteroatoms. The highest BCUT2D eigenvalue weighted by Gasteiger charge is 2.11. The molecule has 1 aliphatic rings. The third-order valence-electron chi connectivity index (χ3n) is 5.48. The number of anilines is 2. The first kappa shape index (κ1) is 22.5. The molecule has 0 saturated carbocycles. The van der Waals surface area contributed by atoms with Crippen molar-refractivity contribution in [2.45, 2.75) is 25.9 Å². The Kier molecular flexibility index (Phi) is 6.79. The number of halogens is 2. The summed E-state index contributed by atoms with van der Waals surface area (Å²) >= 11 is 8.01. The van der Waals surface area contributed by atoms with Crippen molar-refractivity contribution in [3.63, 3.8) is 0 Å². The van der Waals surface area contributed by atoms with Crippen LogP contribution < -0.4 is 10.1 Å². The van der Waals surface area contributed by atoms with E-state index in [4.69, 9.17) is 16.3 Å². The van der Waals surface area contributed by atoms with Gasteiger partial charge in [0.15, 0.2) is 5.82 Å². The summed E-state index contributed by atoms with van der Waals surface area (Å²) in [4.78, 5) is 12.0. The van der Waals surface area contributed by atoms with Crippen LogP contribution in [0, 0.1) is 17.8 Å². The summed E-state index contributed by atoms with van der Waals surface area (Å²) in [5, 5.41) is 3.78. The van der Waals surface area contributed by atoms with Gasteiger partial charge in [-0.25, -0.2) is 14.4 Å². The highest BCUT2D eigenvalue weighted by Crippen LogP contribution is 2.33. The number of benzene rings is 2. The number of ether oxygens (including phenoxy) is 1. The van der Waals surface area contributed by atoms with Crippen LogP contribution in [0.2, 0.25) is 5.02 Å². The minimum atomic E-state index is -0.294. The maximum Gasteiger partial charge on any atom is 0.151 e. The van der Waals surface area contributed by atoms with Crippen LogP contribution in [0.4, 0.5) is 15.9 Å². The maximum absolute atomic E-state index is 13.4. The monoisotopic (exact) mass is 492 g/mol. The van der Waals surface area contributed by atoms with Gasteiger partial charge in [0.25, 0.3) is 0 Å². The smallest absolute Gasteiger partial charge is 0.151 e. The number of thiophene rings is 1. The van der Waals surface area contributed by atoms with Gasteiger partial charge in [0.05, 0.1) is 20.1 Å². The molecule has 34 heavy (non-hydrogen) atoms. The summed E-state index contributed by atoms with van der Waals surface area (Å²) in [5.41, 5.74) is 2.36. The second-order valence-electron chi connectivity index (χ2n) is 8.02. The molecule has 3 heterocycles. The second kappa shape index (κ2) is 10.3. The number of piperidine rings is 1. The largest absolute Gasteiger partial charge is 0.487 e. The summed E-state index contributed by atoms with van der Waals surface area (Å²) in [6, 6.07) is 17.0. The summed E-state index contributed by atoms with van der Waals surface area (Å²) in [7, 11) is 0. The maximum atomic E-state index is 13.4. The van der Waals surface area contributed by atoms with Crippen LogP contribution in [-0.2, 0) is 6.61 Å². The van der Waals surface area contributed by atoms with Crippen LogP contribution in [0.25, 0.3) is 10.2 Å². The van der Waals surface area contributed by atoms with Gasteiger partial charge in [-0.2, -0.15) is 0 Å². The predicted molar refractivity (Wildman–Crippen MR) is 135 cm³/mol. The highest BCUT2D eigenvalue weighted by atomic mass is 35.5. The summed E-state index contributed by atoms with van der Waals surface area (Å²) in [5.74, 6) is 4.21. The molecule has 172 valence electrons. The van der Waals surface area contributed by atoms with E-state index in [1.165, 1.54) is 37.7 Å². The predicted octanol–water partition coefficient (Wildman–Crippen LogP) is 6.60. The minimum Gasteiger partial charge on any atom is -0.487 e. The normalized spacial score (nSPS) is 13.4. The third kappa shape index (κ3) is 5.41. The van der Waals surface area contributed by atoms with Gasteiger partial charge >= 0.3 is 0 Å². The first-order valence-corrected chi connectivity index (χ1v) is 12.3. The molecule has 1 saturated heterocycles. The Bertz CT molecular complexity index is 1370. The molecule has 1 N–H and O–H groups in total. The molecule has 0 unspecified atom stereocenters. The van der Waals surface area contributed by atoms with E-state index >= 15 is 0 Å². The van der Waals surface area contributed by atoms with Crippen molar-refractivity contribution in [1.82, 2.24) is 14.9 Å². The van der Waals surface area contributed by atoms with Gasteiger partial charge in [-0.05, 0) is 67.1 Å². The van der Waals surface area contributed by atoms with Crippen LogP contribution >= 0.6 is 22.9 Å². The Balaban J connectivity index is 1.30. The van der Waals surface area contributed by atoms with Crippen LogP contribution in [0.1, 0.15) is 29.7 Å². The molecule has 0 radical (unpaired) electrons. The van der Waals surface area contributed by atoms with Crippen molar-refractivity contribution in [2.24, 2.45) is 0 Å². The lowest BCUT2D eigenvalue weighted by Crippen LogP contribution is -2.24. The van der Waals surface area contributed by atoms with E-state index in [-0.39, 0.29) is 12.4 Å². The van der Waals surface area contributed by atoms with Crippen LogP contribution in [0.15, 0.2) is 54.9 Å². The highest BCUT2D eigenvalue weighted by molar-refractivity contribution is 7.20. The van der Waals surface area contributed by atoms with E-state index in [0.717, 1.165) is 39.4 Å². The zero-order valence-corrected chi connectivity index (χ0v) is 19.9. The summed E-state index contributed by atoms with van der Waals surface area (Å²) in [6.45, 7) is 2.30. The zero-order valence-electron chi connectivity index (χ0n) is 18.4. The quantitative estimate of drug-likeness (QED) is 0.318. The fourth-order valence-electron chi connectivity index (χ4n) is 3.77. The molecular formula is C26H22ClFN4OS. The first-order valence-electron chi connectivity index (χ1n) is 11.1. The fraction of sp³-hybridized carbons (Fsp3) is 0.231. The van der Waals surface area contributed by atoms with E-state index < -0.39 is 0 Å². The molecule has 0 bridgehead atoms. The molecular weight excluding hydrogens is 471 g/mol. The van der Waals surface area contributed by atoms with Gasteiger partial charge in [-0.15, -0.1) is 11.3 Å². The Morgan fingerprint density at radius 1 is 1.09 bits per heavy atom. The van der Waals surface area contributed by atoms with Crippen molar-refractivity contribution >= 4 is 44.7 Å². The number of nitrogens with one attached hydrogen (secondary N) is 1. The molecule has 0 amide bonds. The molecule has 0 atom stereocenters. The molecule has 4 aromatic rings. The van der Waals surface area contributed by atoms with Gasteiger partial charge < -0.3 is 15.0 Å². The number of nitrogens with zero attached hydrogens (tertiary/aromatic N) is 3. The molecule has 1 fully saturated rings. The lowest BCUT2D eigenvalue weighted by atomic mass is 10.1. The lowest BCUT2D eigenvalue weighted by Gasteiger charge is -2.21. The molecule has 0 aliphatic carbocycles. The van der Waals surface area contributed by atoms with E-state index in [1.54, 1.807) is 35.6 Å². The standard InChI is InChI=1S/C26H22ClFN4OS/c27-22-14-20(7-8-24(22)33-16-18-5-4-6-19(28)13-18)31-26-25-23(29-17-30-26)15-21(34-25)9-12-32-10-2-1-3-11-32/h4-8,13-15,17H,1-3,10-11,16H2,(H,29,30,31). The van der Waals surface area contributed by atoms with Gasteiger partial charge in [0.1, 0.15) is 24.5 Å². The average molecular weight is 493 g/mol. The van der Waals surface area contributed by atoms with Crippen LogP contribution in [0.3, 0.4) is 0 Å². The number of fused-ring (bicyclic) bond motifs is 1. The van der Waals surface area contributed by atoms with Crippen LogP contribution in [-0.4, -0.2) is 28.0 Å². The lowest BCUT2D eigenvalue weighted by molar-refractivity contribution is 0.306. The van der Waals surface area contributed by atoms with E-state index in [9.17, 15) is 4.39 Å². The molecule has 5 nitrogen and oxygen atoms in total. The van der Waals surface area contributed by atoms with Gasteiger partial charge in [-0.3, -0.25) is 0 Å². The molecule has 2 aromatic carbocycles. The molecule has 0 spiro atoms. The van der Waals surface area contributed by atoms with Crippen molar-refractivity contribution < 1.29 is 9.13 Å². The first-order chi connectivity index (χ1) is 16.6. The van der Waals surface area contributed by atoms with Gasteiger partial charge in [-0.1, -0.05) is 23.7 Å². The van der Waals surface area contributed by atoms with Crippen LogP contribution in [0.5, 0.6) is 5.75 Å². The van der Waals surface area contributed by atoms with Crippen molar-refractivity contribution in [2.75, 3.05) is 18.4 Å². The number of likely N-dealkylation sites (tertiary alicyclic amines) is 1. The Hall–Kier alpha value is -3.34. The summed E-state index contributed by atoms with van der Waals surface area (Å²) < 4.78 is 20.1. The van der Waals surface area contributed by atoms with E-state index in [2.05, 4.69) is 32.1 Å². The van der Waals surface area contributed by atoms with Crippen molar-refractivity contribution in [1.29, 1.82) is 0 Å². The van der Waals surface area contributed by atoms with E-state index in [1.807, 2.05) is 12.1 Å². The SMILES string of the molecule is Fc1cccc(COc2ccc(Nc3ncnc4cc(C#CN5CCCCC5)sc34)cc2Cl)c1. The fourth-order valence-corrected chi connectivity index (χ4v) is 4.90. The third-order valence-corrected chi connectivity index (χ3v) is 6.82. The minimum absolute atomic E-state index is 0.229. The number of aromatic nitrogens is 2. The second-order valence-corrected chi connectivity index (χ2v) is 9.48. The van der Waals surface area contributed by atoms with Gasteiger partial charge in [0, 0.05) is 24.8 Å². The zero-order chi connectivity index (χ0) is 23.3. The summed E-state index contributed by atoms with van der Waals surface area (Å²) in [6.07, 6.45) is 5.24. The Labute approximate surface area is 206 Å². The van der Waals surface area contributed by atoms with Crippen molar-refractivity contribution in [3.05, 3.63) is 76.1 Å². The average Bonchev–Trinajstić information content (AvgIpc) is 3.27. The number of hydrogen-bond acceptors (Lipinski definition) is 6. The Morgan fingerprint density at radius 2 is 1.97 bits per heavy atom. The number of rotatable bonds is 5.